The first-order valence-electron chi connectivity index (χ1n) is 8.31. The van der Waals surface area contributed by atoms with E-state index in [9.17, 15) is 18.4 Å². The Kier molecular flexibility index (Phi) is 5.58. The van der Waals surface area contributed by atoms with Gasteiger partial charge in [-0.05, 0) is 24.3 Å². The van der Waals surface area contributed by atoms with Crippen LogP contribution in [-0.2, 0) is 9.47 Å². The van der Waals surface area contributed by atoms with E-state index in [4.69, 9.17) is 9.47 Å². The van der Waals surface area contributed by atoms with Gasteiger partial charge in [-0.25, -0.2) is 23.1 Å². The SMILES string of the molecule is COC(=O)c1c(-c2cc(F)c(OC)c(F)c2)nn(-c2ccccc2)c1C(=O)OC. The summed E-state index contributed by atoms with van der Waals surface area (Å²) in [5.41, 5.74) is -0.328. The summed E-state index contributed by atoms with van der Waals surface area (Å²) in [6.07, 6.45) is 0. The van der Waals surface area contributed by atoms with Crippen molar-refractivity contribution in [3.05, 3.63) is 65.4 Å². The molecule has 3 rings (SSSR count). The van der Waals surface area contributed by atoms with Gasteiger partial charge in [-0.2, -0.15) is 5.10 Å². The van der Waals surface area contributed by atoms with Gasteiger partial charge in [-0.1, -0.05) is 18.2 Å². The topological polar surface area (TPSA) is 79.7 Å². The quantitative estimate of drug-likeness (QED) is 0.609. The Morgan fingerprint density at radius 1 is 0.931 bits per heavy atom. The highest BCUT2D eigenvalue weighted by molar-refractivity contribution is 6.06. The Balaban J connectivity index is 2.37. The van der Waals surface area contributed by atoms with Gasteiger partial charge in [-0.3, -0.25) is 0 Å². The fourth-order valence-electron chi connectivity index (χ4n) is 2.85. The second-order valence-electron chi connectivity index (χ2n) is 5.78. The zero-order valence-electron chi connectivity index (χ0n) is 15.7. The molecule has 1 aromatic heterocycles. The molecule has 0 atom stereocenters. The van der Waals surface area contributed by atoms with E-state index in [1.54, 1.807) is 30.3 Å². The third-order valence-electron chi connectivity index (χ3n) is 4.13. The lowest BCUT2D eigenvalue weighted by atomic mass is 10.0. The molecule has 0 aliphatic heterocycles. The van der Waals surface area contributed by atoms with Gasteiger partial charge in [0.25, 0.3) is 0 Å². The van der Waals surface area contributed by atoms with Crippen LogP contribution in [0.5, 0.6) is 5.75 Å². The maximum atomic E-state index is 14.3. The minimum atomic E-state index is -0.993. The highest BCUT2D eigenvalue weighted by Gasteiger charge is 2.32. The van der Waals surface area contributed by atoms with E-state index in [1.165, 1.54) is 0 Å². The first-order valence-corrected chi connectivity index (χ1v) is 8.31. The molecule has 0 aliphatic rings. The zero-order valence-corrected chi connectivity index (χ0v) is 15.7. The number of benzene rings is 2. The van der Waals surface area contributed by atoms with Crippen molar-refractivity contribution in [3.8, 4) is 22.7 Å². The van der Waals surface area contributed by atoms with Crippen LogP contribution in [-0.4, -0.2) is 43.0 Å². The summed E-state index contributed by atoms with van der Waals surface area (Å²) in [6.45, 7) is 0. The fourth-order valence-corrected chi connectivity index (χ4v) is 2.85. The van der Waals surface area contributed by atoms with E-state index in [2.05, 4.69) is 9.84 Å². The van der Waals surface area contributed by atoms with Crippen molar-refractivity contribution in [2.75, 3.05) is 21.3 Å². The first kappa shape index (κ1) is 20.0. The molecular formula is C20H16F2N2O5. The number of esters is 2. The van der Waals surface area contributed by atoms with E-state index in [1.807, 2.05) is 0 Å². The molecule has 2 aromatic carbocycles. The lowest BCUT2D eigenvalue weighted by Crippen LogP contribution is -2.15. The van der Waals surface area contributed by atoms with Crippen molar-refractivity contribution >= 4 is 11.9 Å². The van der Waals surface area contributed by atoms with Gasteiger partial charge >= 0.3 is 11.9 Å². The number of aromatic nitrogens is 2. The molecule has 7 nitrogen and oxygen atoms in total. The molecule has 1 heterocycles. The number of halogens is 2. The van der Waals surface area contributed by atoms with Crippen molar-refractivity contribution in [3.63, 3.8) is 0 Å². The molecule has 0 saturated carbocycles. The molecule has 9 heteroatoms. The monoisotopic (exact) mass is 402 g/mol. The predicted octanol–water partition coefficient (Wildman–Crippen LogP) is 3.40. The minimum Gasteiger partial charge on any atom is -0.491 e. The third kappa shape index (κ3) is 3.54. The number of para-hydroxylation sites is 1. The van der Waals surface area contributed by atoms with E-state index in [0.29, 0.717) is 5.69 Å². The van der Waals surface area contributed by atoms with E-state index in [0.717, 1.165) is 38.1 Å². The fraction of sp³-hybridized carbons (Fsp3) is 0.150. The Bertz CT molecular complexity index is 1060. The summed E-state index contributed by atoms with van der Waals surface area (Å²) in [6, 6.07) is 10.3. The number of carbonyl (C=O) groups excluding carboxylic acids is 2. The number of carbonyl (C=O) groups is 2. The van der Waals surface area contributed by atoms with Crippen molar-refractivity contribution in [1.82, 2.24) is 9.78 Å². The van der Waals surface area contributed by atoms with Crippen LogP contribution in [0.1, 0.15) is 20.8 Å². The first-order chi connectivity index (χ1) is 13.9. The standard InChI is InChI=1S/C20H16F2N2O5/c1-27-18-13(21)9-11(10-14(18)22)16-15(19(25)28-2)17(20(26)29-3)24(23-16)12-7-5-4-6-8-12/h4-10H,1-3H3. The van der Waals surface area contributed by atoms with Crippen molar-refractivity contribution < 1.29 is 32.6 Å². The maximum absolute atomic E-state index is 14.3. The summed E-state index contributed by atoms with van der Waals surface area (Å²) in [7, 11) is 3.38. The second-order valence-corrected chi connectivity index (χ2v) is 5.78. The van der Waals surface area contributed by atoms with Crippen LogP contribution in [0.15, 0.2) is 42.5 Å². The average Bonchev–Trinajstić information content (AvgIpc) is 3.13. The maximum Gasteiger partial charge on any atom is 0.357 e. The van der Waals surface area contributed by atoms with Gasteiger partial charge in [0.05, 0.1) is 27.0 Å². The molecule has 0 saturated heterocycles. The van der Waals surface area contributed by atoms with Crippen LogP contribution in [0.4, 0.5) is 8.78 Å². The van der Waals surface area contributed by atoms with Gasteiger partial charge in [0.15, 0.2) is 23.1 Å². The largest absolute Gasteiger partial charge is 0.491 e. The summed E-state index contributed by atoms with van der Waals surface area (Å²) in [5.74, 6) is -4.36. The molecule has 0 aliphatic carbocycles. The van der Waals surface area contributed by atoms with Gasteiger partial charge in [0.1, 0.15) is 11.3 Å². The van der Waals surface area contributed by atoms with Crippen LogP contribution in [0, 0.1) is 11.6 Å². The summed E-state index contributed by atoms with van der Waals surface area (Å²) < 4.78 is 43.9. The number of nitrogens with zero attached hydrogens (tertiary/aromatic N) is 2. The number of hydrogen-bond donors (Lipinski definition) is 0. The summed E-state index contributed by atoms with van der Waals surface area (Å²) >= 11 is 0. The van der Waals surface area contributed by atoms with Crippen molar-refractivity contribution in [2.45, 2.75) is 0 Å². The Hall–Kier alpha value is -3.75. The van der Waals surface area contributed by atoms with Crippen molar-refractivity contribution in [2.24, 2.45) is 0 Å². The lowest BCUT2D eigenvalue weighted by Gasteiger charge is -2.07. The molecule has 0 amide bonds. The van der Waals surface area contributed by atoms with Gasteiger partial charge in [-0.15, -0.1) is 0 Å². The molecule has 0 unspecified atom stereocenters. The van der Waals surface area contributed by atoms with Crippen LogP contribution in [0.3, 0.4) is 0 Å². The van der Waals surface area contributed by atoms with E-state index < -0.39 is 29.3 Å². The summed E-state index contributed by atoms with van der Waals surface area (Å²) in [5, 5.41) is 4.27. The molecule has 29 heavy (non-hydrogen) atoms. The highest BCUT2D eigenvalue weighted by atomic mass is 19.1. The normalized spacial score (nSPS) is 10.5. The number of rotatable bonds is 5. The Labute approximate surface area is 164 Å². The van der Waals surface area contributed by atoms with Gasteiger partial charge in [0, 0.05) is 5.56 Å². The van der Waals surface area contributed by atoms with E-state index >= 15 is 0 Å². The highest BCUT2D eigenvalue weighted by Crippen LogP contribution is 2.33. The molecular weight excluding hydrogens is 386 g/mol. The Morgan fingerprint density at radius 2 is 1.52 bits per heavy atom. The number of hydrogen-bond acceptors (Lipinski definition) is 6. The smallest absolute Gasteiger partial charge is 0.357 e. The van der Waals surface area contributed by atoms with Gasteiger partial charge < -0.3 is 14.2 Å². The molecule has 0 radical (unpaired) electrons. The predicted molar refractivity (Wildman–Crippen MR) is 98.1 cm³/mol. The second kappa shape index (κ2) is 8.09. The van der Waals surface area contributed by atoms with Crippen molar-refractivity contribution in [1.29, 1.82) is 0 Å². The van der Waals surface area contributed by atoms with Gasteiger partial charge in [0.2, 0.25) is 0 Å². The molecule has 3 aromatic rings. The lowest BCUT2D eigenvalue weighted by molar-refractivity contribution is 0.0549. The molecule has 0 N–H and O–H groups in total. The zero-order chi connectivity index (χ0) is 21.1. The van der Waals surface area contributed by atoms with Crippen LogP contribution >= 0.6 is 0 Å². The molecule has 150 valence electrons. The number of methoxy groups -OCH3 is 3. The molecule has 0 spiro atoms. The Morgan fingerprint density at radius 3 is 2.03 bits per heavy atom. The van der Waals surface area contributed by atoms with Crippen LogP contribution in [0.25, 0.3) is 16.9 Å². The minimum absolute atomic E-state index is 0.0824. The summed E-state index contributed by atoms with van der Waals surface area (Å²) in [4.78, 5) is 25.0. The molecule has 0 bridgehead atoms. The molecule has 0 fully saturated rings. The number of ether oxygens (including phenoxy) is 3. The van der Waals surface area contributed by atoms with E-state index in [-0.39, 0.29) is 22.5 Å². The van der Waals surface area contributed by atoms with Crippen LogP contribution in [0.2, 0.25) is 0 Å². The van der Waals surface area contributed by atoms with Crippen LogP contribution < -0.4 is 4.74 Å². The average molecular weight is 402 g/mol. The third-order valence-corrected chi connectivity index (χ3v) is 4.13.